The van der Waals surface area contributed by atoms with Crippen LogP contribution >= 0.6 is 11.6 Å². The zero-order valence-corrected chi connectivity index (χ0v) is 13.5. The Morgan fingerprint density at radius 3 is 2.36 bits per heavy atom. The molecule has 0 unspecified atom stereocenters. The summed E-state index contributed by atoms with van der Waals surface area (Å²) in [5, 5.41) is 4.73. The van der Waals surface area contributed by atoms with Gasteiger partial charge in [-0.3, -0.25) is 4.79 Å². The van der Waals surface area contributed by atoms with Crippen LogP contribution < -0.4 is 5.43 Å². The molecule has 0 saturated carbocycles. The summed E-state index contributed by atoms with van der Waals surface area (Å²) in [5.74, 6) is 0.138. The van der Waals surface area contributed by atoms with Crippen LogP contribution in [0.4, 0.5) is 0 Å². The SMILES string of the molecule is CC(C)C/C(=N\NC(=O)c1ccccc1Cl)c1ccccc1. The van der Waals surface area contributed by atoms with Crippen LogP contribution in [0.2, 0.25) is 5.02 Å². The lowest BCUT2D eigenvalue weighted by Gasteiger charge is -2.10. The maximum atomic E-state index is 12.2. The molecular weight excluding hydrogens is 296 g/mol. The van der Waals surface area contributed by atoms with Crippen LogP contribution in [0.5, 0.6) is 0 Å². The maximum absolute atomic E-state index is 12.2. The highest BCUT2D eigenvalue weighted by Gasteiger charge is 2.11. The van der Waals surface area contributed by atoms with Gasteiger partial charge in [-0.2, -0.15) is 5.10 Å². The van der Waals surface area contributed by atoms with Crippen LogP contribution in [0.15, 0.2) is 59.7 Å². The first-order valence-corrected chi connectivity index (χ1v) is 7.62. The summed E-state index contributed by atoms with van der Waals surface area (Å²) < 4.78 is 0. The molecule has 0 aliphatic heterocycles. The number of nitrogens with zero attached hydrogens (tertiary/aromatic N) is 1. The molecule has 0 atom stereocenters. The van der Waals surface area contributed by atoms with Crippen molar-refractivity contribution in [2.24, 2.45) is 11.0 Å². The van der Waals surface area contributed by atoms with E-state index < -0.39 is 0 Å². The minimum absolute atomic E-state index is 0.303. The van der Waals surface area contributed by atoms with Crippen molar-refractivity contribution in [3.63, 3.8) is 0 Å². The second-order valence-electron chi connectivity index (χ2n) is 5.44. The van der Waals surface area contributed by atoms with E-state index in [2.05, 4.69) is 24.4 Å². The summed E-state index contributed by atoms with van der Waals surface area (Å²) in [6.45, 7) is 4.24. The number of hydrogen-bond acceptors (Lipinski definition) is 2. The molecule has 1 N–H and O–H groups in total. The molecule has 1 amide bonds. The third kappa shape index (κ3) is 4.43. The standard InChI is InChI=1S/C18H19ClN2O/c1-13(2)12-17(14-8-4-3-5-9-14)20-21-18(22)15-10-6-7-11-16(15)19/h3-11,13H,12H2,1-2H3,(H,21,22)/b20-17+. The summed E-state index contributed by atoms with van der Waals surface area (Å²) in [6.07, 6.45) is 0.785. The molecule has 2 aromatic rings. The Kier molecular flexibility index (Phi) is 5.73. The molecule has 0 spiro atoms. The molecule has 0 radical (unpaired) electrons. The van der Waals surface area contributed by atoms with Gasteiger partial charge in [0.15, 0.2) is 0 Å². The average molecular weight is 315 g/mol. The highest BCUT2D eigenvalue weighted by atomic mass is 35.5. The molecule has 0 aliphatic rings. The van der Waals surface area contributed by atoms with Crippen molar-refractivity contribution in [2.75, 3.05) is 0 Å². The second kappa shape index (κ2) is 7.76. The van der Waals surface area contributed by atoms with Gasteiger partial charge in [-0.05, 0) is 30.0 Å². The number of hydrazone groups is 1. The number of amides is 1. The normalized spacial score (nSPS) is 11.5. The van der Waals surface area contributed by atoms with Crippen molar-refractivity contribution in [3.8, 4) is 0 Å². The van der Waals surface area contributed by atoms with Crippen molar-refractivity contribution in [1.82, 2.24) is 5.43 Å². The molecule has 3 nitrogen and oxygen atoms in total. The quantitative estimate of drug-likeness (QED) is 0.640. The monoisotopic (exact) mass is 314 g/mol. The van der Waals surface area contributed by atoms with E-state index in [0.717, 1.165) is 17.7 Å². The van der Waals surface area contributed by atoms with Gasteiger partial charge in [0.1, 0.15) is 0 Å². The van der Waals surface area contributed by atoms with Gasteiger partial charge in [0.05, 0.1) is 16.3 Å². The number of hydrogen-bond donors (Lipinski definition) is 1. The molecule has 0 aromatic heterocycles. The summed E-state index contributed by atoms with van der Waals surface area (Å²) >= 11 is 6.03. The van der Waals surface area contributed by atoms with E-state index in [4.69, 9.17) is 11.6 Å². The van der Waals surface area contributed by atoms with Crippen molar-refractivity contribution in [3.05, 3.63) is 70.7 Å². The Morgan fingerprint density at radius 1 is 1.09 bits per heavy atom. The molecule has 2 rings (SSSR count). The van der Waals surface area contributed by atoms with Gasteiger partial charge < -0.3 is 0 Å². The van der Waals surface area contributed by atoms with Crippen LogP contribution in [-0.4, -0.2) is 11.6 Å². The van der Waals surface area contributed by atoms with E-state index in [9.17, 15) is 4.79 Å². The van der Waals surface area contributed by atoms with Gasteiger partial charge in [0.25, 0.3) is 5.91 Å². The third-order valence-electron chi connectivity index (χ3n) is 3.12. The average Bonchev–Trinajstić information content (AvgIpc) is 2.52. The second-order valence-corrected chi connectivity index (χ2v) is 5.85. The molecule has 22 heavy (non-hydrogen) atoms. The zero-order valence-electron chi connectivity index (χ0n) is 12.7. The van der Waals surface area contributed by atoms with Gasteiger partial charge >= 0.3 is 0 Å². The summed E-state index contributed by atoms with van der Waals surface area (Å²) in [7, 11) is 0. The fourth-order valence-electron chi connectivity index (χ4n) is 2.07. The van der Waals surface area contributed by atoms with E-state index in [0.29, 0.717) is 16.5 Å². The number of carbonyl (C=O) groups is 1. The van der Waals surface area contributed by atoms with E-state index in [1.54, 1.807) is 24.3 Å². The van der Waals surface area contributed by atoms with Crippen molar-refractivity contribution in [1.29, 1.82) is 0 Å². The fourth-order valence-corrected chi connectivity index (χ4v) is 2.29. The van der Waals surface area contributed by atoms with Gasteiger partial charge in [0, 0.05) is 0 Å². The van der Waals surface area contributed by atoms with E-state index in [-0.39, 0.29) is 5.91 Å². The molecule has 4 heteroatoms. The fraction of sp³-hybridized carbons (Fsp3) is 0.222. The van der Waals surface area contributed by atoms with Crippen LogP contribution in [-0.2, 0) is 0 Å². The molecule has 0 saturated heterocycles. The number of rotatable bonds is 5. The van der Waals surface area contributed by atoms with Gasteiger partial charge in [-0.25, -0.2) is 5.43 Å². The summed E-state index contributed by atoms with van der Waals surface area (Å²) in [6, 6.07) is 16.8. The van der Waals surface area contributed by atoms with Crippen LogP contribution in [0, 0.1) is 5.92 Å². The third-order valence-corrected chi connectivity index (χ3v) is 3.45. The van der Waals surface area contributed by atoms with E-state index in [1.165, 1.54) is 0 Å². The van der Waals surface area contributed by atoms with E-state index in [1.807, 2.05) is 30.3 Å². The number of halogens is 1. The van der Waals surface area contributed by atoms with Crippen LogP contribution in [0.25, 0.3) is 0 Å². The molecule has 0 fully saturated rings. The minimum Gasteiger partial charge on any atom is -0.267 e. The van der Waals surface area contributed by atoms with Gasteiger partial charge in [-0.15, -0.1) is 0 Å². The van der Waals surface area contributed by atoms with E-state index >= 15 is 0 Å². The van der Waals surface area contributed by atoms with Crippen LogP contribution in [0.1, 0.15) is 36.2 Å². The Hall–Kier alpha value is -2.13. The number of nitrogens with one attached hydrogen (secondary N) is 1. The van der Waals surface area contributed by atoms with Crippen molar-refractivity contribution >= 4 is 23.2 Å². The maximum Gasteiger partial charge on any atom is 0.272 e. The number of carbonyl (C=O) groups excluding carboxylic acids is 1. The molecular formula is C18H19ClN2O. The molecule has 114 valence electrons. The highest BCUT2D eigenvalue weighted by molar-refractivity contribution is 6.33. The first-order chi connectivity index (χ1) is 10.6. The lowest BCUT2D eigenvalue weighted by molar-refractivity contribution is 0.0955. The largest absolute Gasteiger partial charge is 0.272 e. The molecule has 0 aliphatic carbocycles. The number of benzene rings is 2. The predicted molar refractivity (Wildman–Crippen MR) is 91.4 cm³/mol. The summed E-state index contributed by atoms with van der Waals surface area (Å²) in [5.41, 5.74) is 4.90. The lowest BCUT2D eigenvalue weighted by Crippen LogP contribution is -2.21. The molecule has 0 heterocycles. The predicted octanol–water partition coefficient (Wildman–Crippen LogP) is 4.52. The lowest BCUT2D eigenvalue weighted by atomic mass is 10.0. The first-order valence-electron chi connectivity index (χ1n) is 7.24. The van der Waals surface area contributed by atoms with Gasteiger partial charge in [0.2, 0.25) is 0 Å². The van der Waals surface area contributed by atoms with Crippen LogP contribution in [0.3, 0.4) is 0 Å². The van der Waals surface area contributed by atoms with Crippen molar-refractivity contribution < 1.29 is 4.79 Å². The Morgan fingerprint density at radius 2 is 1.73 bits per heavy atom. The highest BCUT2D eigenvalue weighted by Crippen LogP contribution is 2.15. The Bertz CT molecular complexity index is 666. The zero-order chi connectivity index (χ0) is 15.9. The topological polar surface area (TPSA) is 41.5 Å². The Balaban J connectivity index is 2.20. The smallest absolute Gasteiger partial charge is 0.267 e. The molecule has 2 aromatic carbocycles. The van der Waals surface area contributed by atoms with Crippen molar-refractivity contribution in [2.45, 2.75) is 20.3 Å². The summed E-state index contributed by atoms with van der Waals surface area (Å²) in [4.78, 5) is 12.2. The van der Waals surface area contributed by atoms with Gasteiger partial charge in [-0.1, -0.05) is 67.9 Å². The Labute approximate surface area is 136 Å². The molecule has 0 bridgehead atoms. The minimum atomic E-state index is -0.303. The first kappa shape index (κ1) is 16.2.